The van der Waals surface area contributed by atoms with Gasteiger partial charge in [-0.3, -0.25) is 0 Å². The van der Waals surface area contributed by atoms with Crippen LogP contribution in [0.25, 0.3) is 0 Å². The van der Waals surface area contributed by atoms with Gasteiger partial charge in [0.1, 0.15) is 6.61 Å². The number of benzene rings is 1. The van der Waals surface area contributed by atoms with Gasteiger partial charge < -0.3 is 19.8 Å². The SMILES string of the molecule is C[C@@](O)(CO)[C@@H]1CCCN(C(=O)OCc2ccccc2)C1. The van der Waals surface area contributed by atoms with Gasteiger partial charge in [-0.2, -0.15) is 0 Å². The highest BCUT2D eigenvalue weighted by Crippen LogP contribution is 2.27. The molecule has 1 heterocycles. The van der Waals surface area contributed by atoms with Crippen LogP contribution in [-0.2, 0) is 11.3 Å². The smallest absolute Gasteiger partial charge is 0.410 e. The van der Waals surface area contributed by atoms with Crippen molar-refractivity contribution in [3.05, 3.63) is 35.9 Å². The number of rotatable bonds is 4. The summed E-state index contributed by atoms with van der Waals surface area (Å²) < 4.78 is 5.31. The van der Waals surface area contributed by atoms with E-state index in [0.717, 1.165) is 18.4 Å². The number of carbonyl (C=O) groups is 1. The fourth-order valence-electron chi connectivity index (χ4n) is 2.59. The highest BCUT2D eigenvalue weighted by atomic mass is 16.6. The van der Waals surface area contributed by atoms with Crippen LogP contribution >= 0.6 is 0 Å². The Morgan fingerprint density at radius 3 is 2.81 bits per heavy atom. The number of nitrogens with zero attached hydrogens (tertiary/aromatic N) is 1. The quantitative estimate of drug-likeness (QED) is 0.888. The first-order valence-corrected chi connectivity index (χ1v) is 7.32. The largest absolute Gasteiger partial charge is 0.445 e. The molecular formula is C16H23NO4. The molecule has 5 heteroatoms. The Bertz CT molecular complexity index is 461. The summed E-state index contributed by atoms with van der Waals surface area (Å²) in [5, 5.41) is 19.4. The van der Waals surface area contributed by atoms with E-state index in [-0.39, 0.29) is 25.2 Å². The normalized spacial score (nSPS) is 21.7. The molecule has 0 aliphatic carbocycles. The van der Waals surface area contributed by atoms with Crippen LogP contribution in [0.4, 0.5) is 4.79 Å². The van der Waals surface area contributed by atoms with Gasteiger partial charge in [-0.15, -0.1) is 0 Å². The van der Waals surface area contributed by atoms with E-state index < -0.39 is 5.60 Å². The van der Waals surface area contributed by atoms with Crippen LogP contribution in [0.1, 0.15) is 25.3 Å². The lowest BCUT2D eigenvalue weighted by atomic mass is 9.83. The van der Waals surface area contributed by atoms with Crippen molar-refractivity contribution >= 4 is 6.09 Å². The van der Waals surface area contributed by atoms with E-state index in [9.17, 15) is 15.0 Å². The molecule has 1 amide bonds. The van der Waals surface area contributed by atoms with E-state index in [1.165, 1.54) is 0 Å². The van der Waals surface area contributed by atoms with Gasteiger partial charge in [0.25, 0.3) is 0 Å². The molecule has 21 heavy (non-hydrogen) atoms. The van der Waals surface area contributed by atoms with Crippen LogP contribution in [0.3, 0.4) is 0 Å². The highest BCUT2D eigenvalue weighted by Gasteiger charge is 2.36. The lowest BCUT2D eigenvalue weighted by molar-refractivity contribution is -0.0671. The van der Waals surface area contributed by atoms with Crippen molar-refractivity contribution in [3.8, 4) is 0 Å². The summed E-state index contributed by atoms with van der Waals surface area (Å²) in [6, 6.07) is 9.53. The maximum Gasteiger partial charge on any atom is 0.410 e. The van der Waals surface area contributed by atoms with Crippen LogP contribution in [0, 0.1) is 5.92 Å². The van der Waals surface area contributed by atoms with Crippen LogP contribution in [0.15, 0.2) is 30.3 Å². The Kier molecular flexibility index (Phi) is 5.20. The van der Waals surface area contributed by atoms with Gasteiger partial charge in [0.15, 0.2) is 0 Å². The van der Waals surface area contributed by atoms with E-state index in [1.54, 1.807) is 11.8 Å². The Morgan fingerprint density at radius 2 is 2.14 bits per heavy atom. The second kappa shape index (κ2) is 6.91. The van der Waals surface area contributed by atoms with Gasteiger partial charge in [0.05, 0.1) is 12.2 Å². The molecule has 0 saturated carbocycles. The molecule has 0 unspecified atom stereocenters. The minimum atomic E-state index is -1.15. The Balaban J connectivity index is 1.87. The van der Waals surface area contributed by atoms with E-state index >= 15 is 0 Å². The van der Waals surface area contributed by atoms with Crippen LogP contribution in [0.2, 0.25) is 0 Å². The number of ether oxygens (including phenoxy) is 1. The van der Waals surface area contributed by atoms with Crippen molar-refractivity contribution in [3.63, 3.8) is 0 Å². The number of aliphatic hydroxyl groups is 2. The highest BCUT2D eigenvalue weighted by molar-refractivity contribution is 5.67. The molecular weight excluding hydrogens is 270 g/mol. The molecule has 1 fully saturated rings. The van der Waals surface area contributed by atoms with Crippen molar-refractivity contribution in [2.24, 2.45) is 5.92 Å². The van der Waals surface area contributed by atoms with Crippen molar-refractivity contribution in [1.29, 1.82) is 0 Å². The number of hydrogen-bond acceptors (Lipinski definition) is 4. The van der Waals surface area contributed by atoms with E-state index in [1.807, 2.05) is 30.3 Å². The molecule has 2 atom stereocenters. The number of hydrogen-bond donors (Lipinski definition) is 2. The molecule has 5 nitrogen and oxygen atoms in total. The maximum atomic E-state index is 12.1. The minimum Gasteiger partial charge on any atom is -0.445 e. The molecule has 1 aromatic carbocycles. The van der Waals surface area contributed by atoms with Crippen LogP contribution < -0.4 is 0 Å². The van der Waals surface area contributed by atoms with Crippen molar-refractivity contribution in [1.82, 2.24) is 4.90 Å². The maximum absolute atomic E-state index is 12.1. The van der Waals surface area contributed by atoms with Crippen LogP contribution in [-0.4, -0.2) is 46.5 Å². The zero-order chi connectivity index (χ0) is 15.3. The monoisotopic (exact) mass is 293 g/mol. The van der Waals surface area contributed by atoms with E-state index in [2.05, 4.69) is 0 Å². The Morgan fingerprint density at radius 1 is 1.43 bits per heavy atom. The van der Waals surface area contributed by atoms with Gasteiger partial charge in [-0.05, 0) is 25.3 Å². The first-order chi connectivity index (χ1) is 10.0. The zero-order valence-electron chi connectivity index (χ0n) is 12.4. The predicted octanol–water partition coefficient (Wildman–Crippen LogP) is 1.78. The number of aliphatic hydroxyl groups excluding tert-OH is 1. The molecule has 0 bridgehead atoms. The first-order valence-electron chi connectivity index (χ1n) is 7.32. The molecule has 2 rings (SSSR count). The van der Waals surface area contributed by atoms with Crippen molar-refractivity contribution < 1.29 is 19.7 Å². The number of likely N-dealkylation sites (tertiary alicyclic amines) is 1. The summed E-state index contributed by atoms with van der Waals surface area (Å²) in [5.74, 6) is -0.125. The topological polar surface area (TPSA) is 70.0 Å². The standard InChI is InChI=1S/C16H23NO4/c1-16(20,12-18)14-8-5-9-17(10-14)15(19)21-11-13-6-3-2-4-7-13/h2-4,6-7,14,18,20H,5,8-12H2,1H3/t14-,16-/m1/s1. The molecule has 116 valence electrons. The van der Waals surface area contributed by atoms with Crippen molar-refractivity contribution in [2.45, 2.75) is 32.0 Å². The van der Waals surface area contributed by atoms with E-state index in [4.69, 9.17) is 4.74 Å². The van der Waals surface area contributed by atoms with Crippen LogP contribution in [0.5, 0.6) is 0 Å². The average molecular weight is 293 g/mol. The first kappa shape index (κ1) is 15.8. The summed E-state index contributed by atoms with van der Waals surface area (Å²) in [5.41, 5.74) is -0.208. The lowest BCUT2D eigenvalue weighted by Crippen LogP contribution is -2.49. The minimum absolute atomic E-state index is 0.125. The summed E-state index contributed by atoms with van der Waals surface area (Å²) in [4.78, 5) is 13.7. The van der Waals surface area contributed by atoms with Gasteiger partial charge in [0, 0.05) is 19.0 Å². The molecule has 1 aromatic rings. The second-order valence-corrected chi connectivity index (χ2v) is 5.84. The van der Waals surface area contributed by atoms with Gasteiger partial charge in [-0.1, -0.05) is 30.3 Å². The lowest BCUT2D eigenvalue weighted by Gasteiger charge is -2.39. The van der Waals surface area contributed by atoms with Gasteiger partial charge in [0.2, 0.25) is 0 Å². The summed E-state index contributed by atoms with van der Waals surface area (Å²) >= 11 is 0. The summed E-state index contributed by atoms with van der Waals surface area (Å²) in [7, 11) is 0. The zero-order valence-corrected chi connectivity index (χ0v) is 12.4. The van der Waals surface area contributed by atoms with E-state index in [0.29, 0.717) is 13.1 Å². The molecule has 0 aromatic heterocycles. The molecule has 2 N–H and O–H groups in total. The van der Waals surface area contributed by atoms with Gasteiger partial charge in [-0.25, -0.2) is 4.79 Å². The fourth-order valence-corrected chi connectivity index (χ4v) is 2.59. The van der Waals surface area contributed by atoms with Crippen molar-refractivity contribution in [2.75, 3.05) is 19.7 Å². The molecule has 1 aliphatic heterocycles. The molecule has 0 spiro atoms. The second-order valence-electron chi connectivity index (χ2n) is 5.84. The molecule has 0 radical (unpaired) electrons. The Labute approximate surface area is 125 Å². The number of piperidine rings is 1. The average Bonchev–Trinajstić information content (AvgIpc) is 2.53. The molecule has 1 saturated heterocycles. The predicted molar refractivity (Wildman–Crippen MR) is 78.6 cm³/mol. The number of amides is 1. The third kappa shape index (κ3) is 4.19. The summed E-state index contributed by atoms with van der Waals surface area (Å²) in [6.07, 6.45) is 1.24. The third-order valence-corrected chi connectivity index (χ3v) is 4.08. The fraction of sp³-hybridized carbons (Fsp3) is 0.562. The summed E-state index contributed by atoms with van der Waals surface area (Å²) in [6.45, 7) is 2.60. The van der Waals surface area contributed by atoms with Gasteiger partial charge >= 0.3 is 6.09 Å². The Hall–Kier alpha value is -1.59. The molecule has 1 aliphatic rings. The number of carbonyl (C=O) groups excluding carboxylic acids is 1. The third-order valence-electron chi connectivity index (χ3n) is 4.08.